The summed E-state index contributed by atoms with van der Waals surface area (Å²) in [5.74, 6) is 0.277. The van der Waals surface area contributed by atoms with Crippen LogP contribution in [0.25, 0.3) is 0 Å². The van der Waals surface area contributed by atoms with Crippen molar-refractivity contribution in [3.8, 4) is 0 Å². The number of rotatable bonds is 3. The van der Waals surface area contributed by atoms with Gasteiger partial charge in [0.1, 0.15) is 0 Å². The van der Waals surface area contributed by atoms with Crippen LogP contribution in [0.15, 0.2) is 12.4 Å². The number of nitrogens with zero attached hydrogens (tertiary/aromatic N) is 2. The van der Waals surface area contributed by atoms with Gasteiger partial charge in [-0.25, -0.2) is 9.97 Å². The highest BCUT2D eigenvalue weighted by molar-refractivity contribution is 6.30. The first-order chi connectivity index (χ1) is 7.37. The number of anilines is 1. The van der Waals surface area contributed by atoms with Crippen LogP contribution < -0.4 is 10.6 Å². The van der Waals surface area contributed by atoms with Crippen molar-refractivity contribution in [3.63, 3.8) is 0 Å². The summed E-state index contributed by atoms with van der Waals surface area (Å²) in [4.78, 5) is 19.3. The number of hydrogen-bond donors (Lipinski definition) is 2. The minimum absolute atomic E-state index is 0.106. The Kier molecular flexibility index (Phi) is 4.06. The van der Waals surface area contributed by atoms with E-state index in [4.69, 9.17) is 11.6 Å². The van der Waals surface area contributed by atoms with E-state index >= 15 is 0 Å². The summed E-state index contributed by atoms with van der Waals surface area (Å²) in [6.45, 7) is 5.90. The van der Waals surface area contributed by atoms with Crippen LogP contribution in [0.5, 0.6) is 0 Å². The van der Waals surface area contributed by atoms with Gasteiger partial charge in [0.15, 0.2) is 0 Å². The van der Waals surface area contributed by atoms with Gasteiger partial charge >= 0.3 is 0 Å². The molecule has 2 N–H and O–H groups in total. The van der Waals surface area contributed by atoms with Crippen molar-refractivity contribution >= 4 is 23.5 Å². The van der Waals surface area contributed by atoms with Crippen molar-refractivity contribution in [2.24, 2.45) is 0 Å². The molecule has 0 saturated heterocycles. The third kappa shape index (κ3) is 4.93. The quantitative estimate of drug-likeness (QED) is 0.842. The molecule has 0 bridgehead atoms. The largest absolute Gasteiger partial charge is 0.350 e. The van der Waals surface area contributed by atoms with Crippen LogP contribution in [-0.4, -0.2) is 28.0 Å². The lowest BCUT2D eigenvalue weighted by atomic mass is 10.1. The summed E-state index contributed by atoms with van der Waals surface area (Å²) >= 11 is 5.63. The van der Waals surface area contributed by atoms with Gasteiger partial charge < -0.3 is 10.6 Å². The zero-order valence-electron chi connectivity index (χ0n) is 9.54. The number of hydrogen-bond acceptors (Lipinski definition) is 4. The standard InChI is InChI=1S/C10H15ClN4O/c1-10(2,3)15-8(16)6-14-9-12-4-7(11)5-13-9/h4-5H,6H2,1-3H3,(H,15,16)(H,12,13,14). The SMILES string of the molecule is CC(C)(C)NC(=O)CNc1ncc(Cl)cn1. The second kappa shape index (κ2) is 5.12. The molecule has 0 aliphatic rings. The monoisotopic (exact) mass is 242 g/mol. The van der Waals surface area contributed by atoms with Crippen LogP contribution in [0.4, 0.5) is 5.95 Å². The fraction of sp³-hybridized carbons (Fsp3) is 0.500. The molecular formula is C10H15ClN4O. The van der Waals surface area contributed by atoms with E-state index in [0.29, 0.717) is 11.0 Å². The van der Waals surface area contributed by atoms with Gasteiger partial charge in [-0.05, 0) is 20.8 Å². The molecule has 1 aromatic heterocycles. The van der Waals surface area contributed by atoms with Crippen LogP contribution in [-0.2, 0) is 4.79 Å². The zero-order valence-corrected chi connectivity index (χ0v) is 10.3. The fourth-order valence-corrected chi connectivity index (χ4v) is 1.12. The summed E-state index contributed by atoms with van der Waals surface area (Å²) in [6, 6.07) is 0. The second-order valence-electron chi connectivity index (χ2n) is 4.38. The van der Waals surface area contributed by atoms with E-state index in [2.05, 4.69) is 20.6 Å². The molecule has 0 aromatic carbocycles. The molecule has 0 aliphatic heterocycles. The van der Waals surface area contributed by atoms with E-state index < -0.39 is 0 Å². The Morgan fingerprint density at radius 2 is 1.94 bits per heavy atom. The molecule has 1 amide bonds. The molecule has 88 valence electrons. The lowest BCUT2D eigenvalue weighted by molar-refractivity contribution is -0.120. The third-order valence-corrected chi connectivity index (χ3v) is 1.74. The lowest BCUT2D eigenvalue weighted by Crippen LogP contribution is -2.43. The van der Waals surface area contributed by atoms with Gasteiger partial charge in [0.05, 0.1) is 24.0 Å². The second-order valence-corrected chi connectivity index (χ2v) is 4.81. The normalized spacial score (nSPS) is 11.0. The van der Waals surface area contributed by atoms with E-state index in [1.807, 2.05) is 20.8 Å². The maximum absolute atomic E-state index is 11.4. The Labute approximate surface area is 99.6 Å². The highest BCUT2D eigenvalue weighted by Gasteiger charge is 2.13. The van der Waals surface area contributed by atoms with Crippen LogP contribution in [0.3, 0.4) is 0 Å². The Balaban J connectivity index is 2.40. The average Bonchev–Trinajstić information content (AvgIpc) is 2.14. The summed E-state index contributed by atoms with van der Waals surface area (Å²) in [5, 5.41) is 6.08. The maximum atomic E-state index is 11.4. The highest BCUT2D eigenvalue weighted by Crippen LogP contribution is 2.05. The van der Waals surface area contributed by atoms with Crippen LogP contribution in [0, 0.1) is 0 Å². The van der Waals surface area contributed by atoms with Crippen molar-refractivity contribution in [2.75, 3.05) is 11.9 Å². The number of carbonyl (C=O) groups is 1. The first kappa shape index (κ1) is 12.7. The van der Waals surface area contributed by atoms with E-state index in [1.54, 1.807) is 0 Å². The molecule has 0 unspecified atom stereocenters. The fourth-order valence-electron chi connectivity index (χ4n) is 1.03. The van der Waals surface area contributed by atoms with Crippen molar-refractivity contribution in [1.29, 1.82) is 0 Å². The van der Waals surface area contributed by atoms with Gasteiger partial charge in [0.25, 0.3) is 0 Å². The molecule has 1 aromatic rings. The third-order valence-electron chi connectivity index (χ3n) is 1.54. The molecule has 1 heterocycles. The van der Waals surface area contributed by atoms with Crippen molar-refractivity contribution in [1.82, 2.24) is 15.3 Å². The number of aromatic nitrogens is 2. The molecule has 0 spiro atoms. The van der Waals surface area contributed by atoms with Crippen molar-refractivity contribution in [3.05, 3.63) is 17.4 Å². The number of halogens is 1. The molecule has 0 saturated carbocycles. The first-order valence-electron chi connectivity index (χ1n) is 4.89. The summed E-state index contributed by atoms with van der Waals surface area (Å²) in [7, 11) is 0. The predicted molar refractivity (Wildman–Crippen MR) is 63.4 cm³/mol. The molecule has 1 rings (SSSR count). The molecule has 0 radical (unpaired) electrons. The van der Waals surface area contributed by atoms with Crippen molar-refractivity contribution < 1.29 is 4.79 Å². The molecular weight excluding hydrogens is 228 g/mol. The van der Waals surface area contributed by atoms with Crippen LogP contribution in [0.2, 0.25) is 5.02 Å². The molecule has 5 nitrogen and oxygen atoms in total. The zero-order chi connectivity index (χ0) is 12.2. The van der Waals surface area contributed by atoms with Gasteiger partial charge in [0, 0.05) is 5.54 Å². The minimum Gasteiger partial charge on any atom is -0.350 e. The highest BCUT2D eigenvalue weighted by atomic mass is 35.5. The Bertz CT molecular complexity index is 358. The van der Waals surface area contributed by atoms with Gasteiger partial charge in [0.2, 0.25) is 11.9 Å². The maximum Gasteiger partial charge on any atom is 0.239 e. The molecule has 6 heteroatoms. The minimum atomic E-state index is -0.236. The average molecular weight is 243 g/mol. The Morgan fingerprint density at radius 3 is 2.44 bits per heavy atom. The smallest absolute Gasteiger partial charge is 0.239 e. The summed E-state index contributed by atoms with van der Waals surface area (Å²) in [5.41, 5.74) is -0.236. The molecule has 16 heavy (non-hydrogen) atoms. The summed E-state index contributed by atoms with van der Waals surface area (Å²) < 4.78 is 0. The number of nitrogens with one attached hydrogen (secondary N) is 2. The van der Waals surface area contributed by atoms with E-state index in [9.17, 15) is 4.79 Å². The van der Waals surface area contributed by atoms with Gasteiger partial charge in [-0.2, -0.15) is 0 Å². The number of carbonyl (C=O) groups excluding carboxylic acids is 1. The molecule has 0 aliphatic carbocycles. The number of amides is 1. The predicted octanol–water partition coefficient (Wildman–Crippen LogP) is 1.46. The van der Waals surface area contributed by atoms with E-state index in [0.717, 1.165) is 0 Å². The van der Waals surface area contributed by atoms with Gasteiger partial charge in [-0.1, -0.05) is 11.6 Å². The Morgan fingerprint density at radius 1 is 1.38 bits per heavy atom. The van der Waals surface area contributed by atoms with E-state index in [-0.39, 0.29) is 18.0 Å². The Hall–Kier alpha value is -1.36. The molecule has 0 fully saturated rings. The first-order valence-corrected chi connectivity index (χ1v) is 5.27. The van der Waals surface area contributed by atoms with Gasteiger partial charge in [-0.15, -0.1) is 0 Å². The van der Waals surface area contributed by atoms with Crippen LogP contribution in [0.1, 0.15) is 20.8 Å². The van der Waals surface area contributed by atoms with Crippen LogP contribution >= 0.6 is 11.6 Å². The van der Waals surface area contributed by atoms with Crippen molar-refractivity contribution in [2.45, 2.75) is 26.3 Å². The lowest BCUT2D eigenvalue weighted by Gasteiger charge is -2.20. The molecule has 0 atom stereocenters. The summed E-state index contributed by atoms with van der Waals surface area (Å²) in [6.07, 6.45) is 2.94. The topological polar surface area (TPSA) is 66.9 Å². The van der Waals surface area contributed by atoms with E-state index in [1.165, 1.54) is 12.4 Å². The van der Waals surface area contributed by atoms with Gasteiger partial charge in [-0.3, -0.25) is 4.79 Å².